The fourth-order valence-corrected chi connectivity index (χ4v) is 8.73. The van der Waals surface area contributed by atoms with Crippen LogP contribution in [0.3, 0.4) is 0 Å². The topological polar surface area (TPSA) is 142 Å². The number of hydrogen-bond acceptors (Lipinski definition) is 13. The highest BCUT2D eigenvalue weighted by molar-refractivity contribution is 6.61. The van der Waals surface area contributed by atoms with Crippen molar-refractivity contribution in [1.29, 1.82) is 0 Å². The molecule has 0 amide bonds. The minimum atomic E-state index is -2.69. The standard InChI is InChI=1S/C24H54O13Si2/c1-7-31-38(32-8-2,33-9-3)17-13-15-27-19-23(25)21-29-37-30-22-24(26)20-28-16-14-18-39(34-10-4,35-11-5)36-12-6/h23-26H,7-22H2,1-6H3. The highest BCUT2D eigenvalue weighted by Gasteiger charge is 2.40. The Bertz CT molecular complexity index is 458. The lowest BCUT2D eigenvalue weighted by molar-refractivity contribution is -0.519. The number of aliphatic hydroxyl groups excluding tert-OH is 2. The highest BCUT2D eigenvalue weighted by Crippen LogP contribution is 2.19. The molecular weight excluding hydrogens is 552 g/mol. The molecule has 13 nitrogen and oxygen atoms in total. The summed E-state index contributed by atoms with van der Waals surface area (Å²) < 4.78 is 45.8. The highest BCUT2D eigenvalue weighted by atomic mass is 28.4. The van der Waals surface area contributed by atoms with Crippen molar-refractivity contribution in [3.05, 3.63) is 0 Å². The predicted octanol–water partition coefficient (Wildman–Crippen LogP) is 2.50. The van der Waals surface area contributed by atoms with E-state index in [1.807, 2.05) is 41.5 Å². The fraction of sp³-hybridized carbons (Fsp3) is 1.00. The molecule has 2 unspecified atom stereocenters. The molecule has 0 spiro atoms. The Morgan fingerprint density at radius 2 is 0.795 bits per heavy atom. The van der Waals surface area contributed by atoms with Crippen molar-refractivity contribution in [2.24, 2.45) is 0 Å². The zero-order valence-electron chi connectivity index (χ0n) is 24.9. The lowest BCUT2D eigenvalue weighted by Crippen LogP contribution is -2.46. The molecule has 0 radical (unpaired) electrons. The number of rotatable bonds is 30. The van der Waals surface area contributed by atoms with Gasteiger partial charge in [-0.05, 0) is 54.4 Å². The van der Waals surface area contributed by atoms with Crippen LogP contribution < -0.4 is 0 Å². The van der Waals surface area contributed by atoms with E-state index in [2.05, 4.69) is 5.04 Å². The Balaban J connectivity index is 3.90. The van der Waals surface area contributed by atoms with Gasteiger partial charge in [0.15, 0.2) is 0 Å². The molecule has 2 atom stereocenters. The van der Waals surface area contributed by atoms with Gasteiger partial charge in [0.2, 0.25) is 0 Å². The largest absolute Gasteiger partial charge is 0.501 e. The smallest absolute Gasteiger partial charge is 0.388 e. The van der Waals surface area contributed by atoms with Crippen molar-refractivity contribution >= 4 is 17.6 Å². The fourth-order valence-electron chi connectivity index (χ4n) is 3.57. The molecule has 236 valence electrons. The third-order valence-corrected chi connectivity index (χ3v) is 11.3. The first-order chi connectivity index (χ1) is 18.9. The van der Waals surface area contributed by atoms with E-state index in [-0.39, 0.29) is 26.4 Å². The molecule has 0 aromatic carbocycles. The van der Waals surface area contributed by atoms with E-state index < -0.39 is 29.8 Å². The van der Waals surface area contributed by atoms with Gasteiger partial charge in [-0.15, -0.1) is 0 Å². The van der Waals surface area contributed by atoms with Gasteiger partial charge in [-0.3, -0.25) is 0 Å². The first kappa shape index (κ1) is 38.9. The third-order valence-electron chi connectivity index (χ3n) is 4.97. The van der Waals surface area contributed by atoms with E-state index in [4.69, 9.17) is 45.8 Å². The summed E-state index contributed by atoms with van der Waals surface area (Å²) in [5.41, 5.74) is 0. The molecule has 0 aliphatic carbocycles. The average Bonchev–Trinajstić information content (AvgIpc) is 2.89. The normalized spacial score (nSPS) is 14.2. The minimum Gasteiger partial charge on any atom is -0.388 e. The lowest BCUT2D eigenvalue weighted by atomic mass is 10.4. The first-order valence-corrected chi connectivity index (χ1v) is 18.0. The van der Waals surface area contributed by atoms with E-state index >= 15 is 0 Å². The summed E-state index contributed by atoms with van der Waals surface area (Å²) >= 11 is 0. The van der Waals surface area contributed by atoms with Gasteiger partial charge < -0.3 is 46.2 Å². The summed E-state index contributed by atoms with van der Waals surface area (Å²) in [6.07, 6.45) is -0.466. The van der Waals surface area contributed by atoms with E-state index in [0.29, 0.717) is 77.8 Å². The van der Waals surface area contributed by atoms with Crippen LogP contribution in [0.4, 0.5) is 0 Å². The molecule has 0 bridgehead atoms. The Morgan fingerprint density at radius 1 is 0.487 bits per heavy atom. The molecule has 39 heavy (non-hydrogen) atoms. The van der Waals surface area contributed by atoms with E-state index in [1.54, 1.807) is 0 Å². The van der Waals surface area contributed by atoms with E-state index in [9.17, 15) is 10.2 Å². The summed E-state index contributed by atoms with van der Waals surface area (Å²) in [5, 5.41) is 24.5. The van der Waals surface area contributed by atoms with Crippen molar-refractivity contribution in [3.8, 4) is 0 Å². The van der Waals surface area contributed by atoms with E-state index in [1.165, 1.54) is 0 Å². The molecule has 0 saturated carbocycles. The summed E-state index contributed by atoms with van der Waals surface area (Å²) in [5.74, 6) is 0. The Morgan fingerprint density at radius 3 is 1.08 bits per heavy atom. The molecule has 0 fully saturated rings. The maximum absolute atomic E-state index is 9.95. The second-order valence-electron chi connectivity index (χ2n) is 8.27. The van der Waals surface area contributed by atoms with Crippen LogP contribution in [0.25, 0.3) is 0 Å². The Hall–Kier alpha value is -0.0862. The SMILES string of the molecule is CCO[Si](CCCOCC(O)COOOCC(O)COCCC[Si](OCC)(OCC)OCC)(OCC)OCC. The van der Waals surface area contributed by atoms with Crippen molar-refractivity contribution in [1.82, 2.24) is 0 Å². The van der Waals surface area contributed by atoms with Gasteiger partial charge in [0.05, 0.1) is 13.2 Å². The quantitative estimate of drug-likeness (QED) is 0.0536. The average molecular weight is 607 g/mol. The van der Waals surface area contributed by atoms with Crippen LogP contribution in [0.5, 0.6) is 0 Å². The zero-order chi connectivity index (χ0) is 29.2. The Kier molecular flexibility index (Phi) is 25.6. The van der Waals surface area contributed by atoms with Crippen LogP contribution in [0.2, 0.25) is 12.1 Å². The molecule has 0 aromatic heterocycles. The molecule has 0 saturated heterocycles. The zero-order valence-corrected chi connectivity index (χ0v) is 26.9. The van der Waals surface area contributed by atoms with Crippen LogP contribution in [-0.2, 0) is 50.8 Å². The van der Waals surface area contributed by atoms with Gasteiger partial charge in [0.1, 0.15) is 25.4 Å². The van der Waals surface area contributed by atoms with Gasteiger partial charge in [-0.2, -0.15) is 0 Å². The van der Waals surface area contributed by atoms with Crippen LogP contribution in [-0.4, -0.2) is 119 Å². The molecule has 0 aromatic rings. The monoisotopic (exact) mass is 606 g/mol. The number of ether oxygens (including phenoxy) is 2. The summed E-state index contributed by atoms with van der Waals surface area (Å²) in [7, 11) is -5.38. The molecule has 0 aliphatic heterocycles. The van der Waals surface area contributed by atoms with Crippen molar-refractivity contribution < 1.29 is 61.1 Å². The second kappa shape index (κ2) is 25.6. The summed E-state index contributed by atoms with van der Waals surface area (Å²) in [6, 6.07) is 1.27. The van der Waals surface area contributed by atoms with Crippen molar-refractivity contribution in [2.75, 3.05) is 79.3 Å². The predicted molar refractivity (Wildman–Crippen MR) is 147 cm³/mol. The van der Waals surface area contributed by atoms with Gasteiger partial charge >= 0.3 is 17.6 Å². The lowest BCUT2D eigenvalue weighted by Gasteiger charge is -2.28. The second-order valence-corrected chi connectivity index (χ2v) is 13.7. The van der Waals surface area contributed by atoms with Crippen molar-refractivity contribution in [3.63, 3.8) is 0 Å². The summed E-state index contributed by atoms with van der Waals surface area (Å²) in [6.45, 7) is 15.3. The maximum atomic E-state index is 9.95. The van der Waals surface area contributed by atoms with Gasteiger partial charge in [-0.25, -0.2) is 9.78 Å². The maximum Gasteiger partial charge on any atom is 0.501 e. The Labute approximate surface area is 236 Å². The number of aliphatic hydroxyl groups is 2. The molecule has 15 heteroatoms. The molecule has 2 N–H and O–H groups in total. The first-order valence-electron chi connectivity index (χ1n) is 14.1. The van der Waals surface area contributed by atoms with Crippen LogP contribution in [0.1, 0.15) is 54.4 Å². The van der Waals surface area contributed by atoms with Gasteiger partial charge in [0, 0.05) is 64.9 Å². The van der Waals surface area contributed by atoms with E-state index in [0.717, 1.165) is 0 Å². The van der Waals surface area contributed by atoms with Crippen LogP contribution in [0.15, 0.2) is 0 Å². The van der Waals surface area contributed by atoms with Crippen LogP contribution in [0, 0.1) is 0 Å². The van der Waals surface area contributed by atoms with Gasteiger partial charge in [-0.1, -0.05) is 5.04 Å². The summed E-state index contributed by atoms with van der Waals surface area (Å²) in [4.78, 5) is 9.62. The van der Waals surface area contributed by atoms with Gasteiger partial charge in [0.25, 0.3) is 0 Å². The van der Waals surface area contributed by atoms with Crippen LogP contribution >= 0.6 is 0 Å². The molecule has 0 aliphatic rings. The third kappa shape index (κ3) is 19.6. The molecule has 0 rings (SSSR count). The molecular formula is C24H54O13Si2. The minimum absolute atomic E-state index is 0.0618. The number of hydrogen-bond donors (Lipinski definition) is 2. The van der Waals surface area contributed by atoms with Crippen molar-refractivity contribution in [2.45, 2.75) is 78.7 Å². The molecule has 0 heterocycles.